The summed E-state index contributed by atoms with van der Waals surface area (Å²) in [5.41, 5.74) is 12.5. The molecule has 0 aliphatic heterocycles. The van der Waals surface area contributed by atoms with E-state index in [4.69, 9.17) is 11.5 Å². The molecular weight excluding hydrogens is 226 g/mol. The molecule has 0 saturated heterocycles. The molecule has 18 heavy (non-hydrogen) atoms. The van der Waals surface area contributed by atoms with Crippen molar-refractivity contribution in [1.82, 2.24) is 0 Å². The van der Waals surface area contributed by atoms with Crippen LogP contribution in [0.5, 0.6) is 0 Å². The second kappa shape index (κ2) is 7.27. The Bertz CT molecular complexity index is 460. The lowest BCUT2D eigenvalue weighted by Crippen LogP contribution is -2.23. The van der Waals surface area contributed by atoms with E-state index < -0.39 is 5.91 Å². The van der Waals surface area contributed by atoms with Gasteiger partial charge in [0, 0.05) is 6.08 Å². The number of amides is 1. The van der Waals surface area contributed by atoms with Crippen molar-refractivity contribution < 1.29 is 4.79 Å². The van der Waals surface area contributed by atoms with Crippen LogP contribution >= 0.6 is 0 Å². The smallest absolute Gasteiger partial charge is 0.272 e. The molecule has 4 nitrogen and oxygen atoms in total. The van der Waals surface area contributed by atoms with E-state index in [0.717, 1.165) is 12.0 Å². The maximum atomic E-state index is 11.2. The molecule has 1 rings (SSSR count). The summed E-state index contributed by atoms with van der Waals surface area (Å²) >= 11 is 0. The number of aryl methyl sites for hydroxylation is 1. The van der Waals surface area contributed by atoms with E-state index in [1.54, 1.807) is 6.08 Å². The Balaban J connectivity index is 2.69. The van der Waals surface area contributed by atoms with E-state index in [0.29, 0.717) is 0 Å². The van der Waals surface area contributed by atoms with Crippen LogP contribution in [-0.2, 0) is 11.2 Å². The normalized spacial score (nSPS) is 10.5. The van der Waals surface area contributed by atoms with Crippen molar-refractivity contribution >= 4 is 17.9 Å². The summed E-state index contributed by atoms with van der Waals surface area (Å²) in [5.74, 6) is -0.671. The Hall–Kier alpha value is -2.10. The molecule has 0 unspecified atom stereocenters. The van der Waals surface area contributed by atoms with Crippen LogP contribution < -0.4 is 11.5 Å². The third-order valence-corrected chi connectivity index (χ3v) is 2.43. The zero-order valence-corrected chi connectivity index (χ0v) is 10.6. The van der Waals surface area contributed by atoms with Crippen LogP contribution in [0.2, 0.25) is 0 Å². The molecule has 1 aromatic carbocycles. The summed E-state index contributed by atoms with van der Waals surface area (Å²) in [6.07, 6.45) is 6.46. The average molecular weight is 245 g/mol. The van der Waals surface area contributed by atoms with Gasteiger partial charge in [0.05, 0.1) is 0 Å². The van der Waals surface area contributed by atoms with Crippen molar-refractivity contribution in [3.8, 4) is 0 Å². The topological polar surface area (TPSA) is 81.5 Å². The number of nitrogens with zero attached hydrogens (tertiary/aromatic N) is 1. The summed E-state index contributed by atoms with van der Waals surface area (Å²) in [7, 11) is 0. The molecule has 96 valence electrons. The standard InChI is InChI=1S/C14H19N3O/c1-2-3-5-11-6-4-7-12(10-11)8-9-13(18)17-14(15)16/h4,6-10H,2-3,5H2,1H3,(H4,15,16,17,18)/b9-8+. The Labute approximate surface area is 107 Å². The molecule has 0 fully saturated rings. The highest BCUT2D eigenvalue weighted by Crippen LogP contribution is 2.10. The van der Waals surface area contributed by atoms with Crippen LogP contribution in [0.25, 0.3) is 6.08 Å². The van der Waals surface area contributed by atoms with Crippen molar-refractivity contribution in [2.75, 3.05) is 0 Å². The minimum Gasteiger partial charge on any atom is -0.370 e. The number of carbonyl (C=O) groups is 1. The molecule has 0 aromatic heterocycles. The SMILES string of the molecule is CCCCc1cccc(/C=C/C(=O)N=C(N)N)c1. The highest BCUT2D eigenvalue weighted by atomic mass is 16.1. The summed E-state index contributed by atoms with van der Waals surface area (Å²) in [4.78, 5) is 14.7. The van der Waals surface area contributed by atoms with E-state index in [9.17, 15) is 4.79 Å². The first-order valence-corrected chi connectivity index (χ1v) is 6.02. The van der Waals surface area contributed by atoms with Crippen molar-refractivity contribution in [2.45, 2.75) is 26.2 Å². The second-order valence-electron chi connectivity index (χ2n) is 4.06. The number of aliphatic imine (C=N–C) groups is 1. The molecule has 0 spiro atoms. The maximum absolute atomic E-state index is 11.2. The summed E-state index contributed by atoms with van der Waals surface area (Å²) < 4.78 is 0. The number of benzene rings is 1. The predicted octanol–water partition coefficient (Wildman–Crippen LogP) is 1.84. The highest BCUT2D eigenvalue weighted by Gasteiger charge is 1.95. The zero-order valence-electron chi connectivity index (χ0n) is 10.6. The number of carbonyl (C=O) groups excluding carboxylic acids is 1. The predicted molar refractivity (Wildman–Crippen MR) is 74.9 cm³/mol. The third kappa shape index (κ3) is 5.30. The van der Waals surface area contributed by atoms with Crippen molar-refractivity contribution in [2.24, 2.45) is 16.5 Å². The lowest BCUT2D eigenvalue weighted by molar-refractivity contribution is -0.113. The van der Waals surface area contributed by atoms with Gasteiger partial charge in [0.25, 0.3) is 5.91 Å². The number of hydrogen-bond acceptors (Lipinski definition) is 1. The van der Waals surface area contributed by atoms with E-state index in [-0.39, 0.29) is 5.96 Å². The minimum absolute atomic E-state index is 0.221. The molecule has 0 saturated carbocycles. The van der Waals surface area contributed by atoms with Gasteiger partial charge in [-0.3, -0.25) is 4.79 Å². The first-order valence-electron chi connectivity index (χ1n) is 6.02. The van der Waals surface area contributed by atoms with E-state index in [1.807, 2.05) is 12.1 Å². The van der Waals surface area contributed by atoms with Gasteiger partial charge in [-0.05, 0) is 30.0 Å². The van der Waals surface area contributed by atoms with Gasteiger partial charge in [-0.25, -0.2) is 0 Å². The van der Waals surface area contributed by atoms with Crippen LogP contribution in [-0.4, -0.2) is 11.9 Å². The molecule has 0 heterocycles. The number of unbranched alkanes of at least 4 members (excludes halogenated alkanes) is 1. The molecule has 0 aliphatic rings. The van der Waals surface area contributed by atoms with E-state index in [2.05, 4.69) is 24.0 Å². The molecule has 0 atom stereocenters. The second-order valence-corrected chi connectivity index (χ2v) is 4.06. The third-order valence-electron chi connectivity index (χ3n) is 2.43. The fourth-order valence-corrected chi connectivity index (χ4v) is 1.57. The molecule has 0 radical (unpaired) electrons. The lowest BCUT2D eigenvalue weighted by Gasteiger charge is -2.01. The first kappa shape index (κ1) is 14.0. The van der Waals surface area contributed by atoms with Crippen LogP contribution in [0.1, 0.15) is 30.9 Å². The van der Waals surface area contributed by atoms with Crippen molar-refractivity contribution in [3.05, 3.63) is 41.5 Å². The number of nitrogens with two attached hydrogens (primary N) is 2. The molecule has 0 bridgehead atoms. The average Bonchev–Trinajstić information content (AvgIpc) is 2.33. The van der Waals surface area contributed by atoms with Gasteiger partial charge in [-0.15, -0.1) is 0 Å². The summed E-state index contributed by atoms with van der Waals surface area (Å²) in [6, 6.07) is 8.07. The molecule has 1 aromatic rings. The Morgan fingerprint density at radius 2 is 2.17 bits per heavy atom. The number of rotatable bonds is 5. The highest BCUT2D eigenvalue weighted by molar-refractivity contribution is 5.99. The molecule has 1 amide bonds. The molecular formula is C14H19N3O. The van der Waals surface area contributed by atoms with Crippen molar-refractivity contribution in [1.29, 1.82) is 0 Å². The van der Waals surface area contributed by atoms with E-state index >= 15 is 0 Å². The molecule has 4 N–H and O–H groups in total. The summed E-state index contributed by atoms with van der Waals surface area (Å²) in [6.45, 7) is 2.16. The van der Waals surface area contributed by atoms with Gasteiger partial charge in [0.2, 0.25) is 0 Å². The van der Waals surface area contributed by atoms with Gasteiger partial charge in [0.1, 0.15) is 0 Å². The molecule has 4 heteroatoms. The Kier molecular flexibility index (Phi) is 5.64. The van der Waals surface area contributed by atoms with Crippen LogP contribution in [0.15, 0.2) is 35.3 Å². The maximum Gasteiger partial charge on any atom is 0.272 e. The lowest BCUT2D eigenvalue weighted by atomic mass is 10.1. The first-order chi connectivity index (χ1) is 8.61. The summed E-state index contributed by atoms with van der Waals surface area (Å²) in [5, 5.41) is 0. The van der Waals surface area contributed by atoms with Crippen molar-refractivity contribution in [3.63, 3.8) is 0 Å². The van der Waals surface area contributed by atoms with Crippen LogP contribution in [0, 0.1) is 0 Å². The Morgan fingerprint density at radius 3 is 2.83 bits per heavy atom. The molecule has 0 aliphatic carbocycles. The van der Waals surface area contributed by atoms with Gasteiger partial charge >= 0.3 is 0 Å². The number of hydrogen-bond donors (Lipinski definition) is 2. The monoisotopic (exact) mass is 245 g/mol. The zero-order chi connectivity index (χ0) is 13.4. The number of guanidine groups is 1. The van der Waals surface area contributed by atoms with Gasteiger partial charge in [0.15, 0.2) is 5.96 Å². The van der Waals surface area contributed by atoms with Crippen LogP contribution in [0.3, 0.4) is 0 Å². The van der Waals surface area contributed by atoms with E-state index in [1.165, 1.54) is 24.5 Å². The van der Waals surface area contributed by atoms with Gasteiger partial charge < -0.3 is 11.5 Å². The fourth-order valence-electron chi connectivity index (χ4n) is 1.57. The fraction of sp³-hybridized carbons (Fsp3) is 0.286. The quantitative estimate of drug-likeness (QED) is 0.472. The largest absolute Gasteiger partial charge is 0.370 e. The van der Waals surface area contributed by atoms with Gasteiger partial charge in [-0.2, -0.15) is 4.99 Å². The Morgan fingerprint density at radius 1 is 1.39 bits per heavy atom. The van der Waals surface area contributed by atoms with Crippen LogP contribution in [0.4, 0.5) is 0 Å². The minimum atomic E-state index is -0.450. The van der Waals surface area contributed by atoms with Gasteiger partial charge in [-0.1, -0.05) is 37.6 Å².